The van der Waals surface area contributed by atoms with E-state index in [-0.39, 0.29) is 17.9 Å². The number of amides is 3. The van der Waals surface area contributed by atoms with Gasteiger partial charge in [0.25, 0.3) is 17.5 Å². The maximum absolute atomic E-state index is 12.9. The fraction of sp³-hybridized carbons (Fsp3) is 0.167. The normalized spacial score (nSPS) is 19.9. The van der Waals surface area contributed by atoms with Crippen LogP contribution in [0.3, 0.4) is 0 Å². The molecule has 2 heterocycles. The first-order chi connectivity index (χ1) is 14.3. The van der Waals surface area contributed by atoms with E-state index in [1.807, 2.05) is 0 Å². The van der Waals surface area contributed by atoms with E-state index in [1.54, 1.807) is 24.3 Å². The lowest BCUT2D eigenvalue weighted by Crippen LogP contribution is -2.43. The highest BCUT2D eigenvalue weighted by molar-refractivity contribution is 6.30. The number of nitro benzene ring substituents is 1. The Labute approximate surface area is 174 Å². The quantitative estimate of drug-likeness (QED) is 0.440. The van der Waals surface area contributed by atoms with E-state index in [1.165, 1.54) is 24.3 Å². The van der Waals surface area contributed by atoms with Gasteiger partial charge in [0.1, 0.15) is 6.54 Å². The summed E-state index contributed by atoms with van der Waals surface area (Å²) in [6.07, 6.45) is 0. The smallest absolute Gasteiger partial charge is 0.269 e. The molecule has 2 aromatic carbocycles. The van der Waals surface area contributed by atoms with Gasteiger partial charge in [-0.2, -0.15) is 5.11 Å². The van der Waals surface area contributed by atoms with Gasteiger partial charge in [0, 0.05) is 22.8 Å². The Morgan fingerprint density at radius 1 is 1.10 bits per heavy atom. The molecule has 152 valence electrons. The van der Waals surface area contributed by atoms with E-state index in [0.717, 1.165) is 9.91 Å². The molecule has 4 rings (SSSR count). The molecule has 30 heavy (non-hydrogen) atoms. The van der Waals surface area contributed by atoms with Crippen LogP contribution in [0.4, 0.5) is 17.1 Å². The van der Waals surface area contributed by atoms with Gasteiger partial charge in [0.2, 0.25) is 5.91 Å². The van der Waals surface area contributed by atoms with Crippen LogP contribution in [0.2, 0.25) is 5.02 Å². The number of nitro groups is 1. The summed E-state index contributed by atoms with van der Waals surface area (Å²) >= 11 is 5.81. The summed E-state index contributed by atoms with van der Waals surface area (Å²) in [5.41, 5.74) is 0.530. The van der Waals surface area contributed by atoms with E-state index >= 15 is 0 Å². The monoisotopic (exact) mass is 428 g/mol. The van der Waals surface area contributed by atoms with Crippen molar-refractivity contribution < 1.29 is 19.3 Å². The van der Waals surface area contributed by atoms with Crippen molar-refractivity contribution in [3.63, 3.8) is 0 Å². The topological polar surface area (TPSA) is 138 Å². The molecule has 2 aliphatic heterocycles. The third-order valence-electron chi connectivity index (χ3n) is 4.61. The second-order valence-electron chi connectivity index (χ2n) is 6.53. The predicted molar refractivity (Wildman–Crippen MR) is 105 cm³/mol. The zero-order chi connectivity index (χ0) is 21.4. The number of non-ortho nitro benzene ring substituents is 1. The number of rotatable bonds is 5. The van der Waals surface area contributed by atoms with Crippen molar-refractivity contribution in [3.05, 3.63) is 63.7 Å². The van der Waals surface area contributed by atoms with E-state index in [2.05, 4.69) is 15.7 Å². The molecule has 2 aromatic rings. The van der Waals surface area contributed by atoms with Crippen LogP contribution < -0.4 is 10.2 Å². The van der Waals surface area contributed by atoms with Gasteiger partial charge in [-0.05, 0) is 36.4 Å². The molecule has 2 atom stereocenters. The van der Waals surface area contributed by atoms with Crippen LogP contribution in [0.25, 0.3) is 0 Å². The number of nitrogens with one attached hydrogen (secondary N) is 1. The van der Waals surface area contributed by atoms with Crippen LogP contribution in [0.1, 0.15) is 0 Å². The Bertz CT molecular complexity index is 1070. The van der Waals surface area contributed by atoms with Crippen LogP contribution in [-0.4, -0.2) is 46.3 Å². The van der Waals surface area contributed by atoms with Gasteiger partial charge in [0.05, 0.1) is 10.6 Å². The first-order valence-electron chi connectivity index (χ1n) is 8.70. The maximum atomic E-state index is 12.9. The lowest BCUT2D eigenvalue weighted by atomic mass is 10.1. The summed E-state index contributed by atoms with van der Waals surface area (Å²) in [6.45, 7) is -0.291. The number of benzene rings is 2. The summed E-state index contributed by atoms with van der Waals surface area (Å²) in [7, 11) is 0. The molecule has 3 amide bonds. The summed E-state index contributed by atoms with van der Waals surface area (Å²) in [5, 5.41) is 22.8. The van der Waals surface area contributed by atoms with E-state index < -0.39 is 34.7 Å². The van der Waals surface area contributed by atoms with Crippen molar-refractivity contribution in [1.29, 1.82) is 0 Å². The first-order valence-corrected chi connectivity index (χ1v) is 9.08. The van der Waals surface area contributed by atoms with Gasteiger partial charge in [-0.15, -0.1) is 0 Å². The lowest BCUT2D eigenvalue weighted by Gasteiger charge is -2.20. The Morgan fingerprint density at radius 3 is 2.40 bits per heavy atom. The van der Waals surface area contributed by atoms with Crippen molar-refractivity contribution in [2.75, 3.05) is 16.8 Å². The second kappa shape index (κ2) is 7.52. The number of hydrogen-bond acceptors (Lipinski definition) is 8. The van der Waals surface area contributed by atoms with Gasteiger partial charge in [0.15, 0.2) is 12.1 Å². The van der Waals surface area contributed by atoms with Crippen LogP contribution in [0.15, 0.2) is 58.9 Å². The maximum Gasteiger partial charge on any atom is 0.269 e. The van der Waals surface area contributed by atoms with E-state index in [4.69, 9.17) is 11.6 Å². The largest absolute Gasteiger partial charge is 0.324 e. The highest BCUT2D eigenvalue weighted by Crippen LogP contribution is 2.32. The third kappa shape index (κ3) is 3.46. The van der Waals surface area contributed by atoms with Crippen molar-refractivity contribution in [2.45, 2.75) is 12.1 Å². The van der Waals surface area contributed by atoms with Gasteiger partial charge < -0.3 is 5.32 Å². The summed E-state index contributed by atoms with van der Waals surface area (Å²) < 4.78 is 0. The van der Waals surface area contributed by atoms with Crippen LogP contribution in [0, 0.1) is 10.1 Å². The molecule has 1 fully saturated rings. The fourth-order valence-corrected chi connectivity index (χ4v) is 3.34. The average Bonchev–Trinajstić information content (AvgIpc) is 3.23. The molecule has 0 radical (unpaired) electrons. The molecule has 0 spiro atoms. The van der Waals surface area contributed by atoms with Crippen molar-refractivity contribution in [2.24, 2.45) is 10.3 Å². The highest BCUT2D eigenvalue weighted by atomic mass is 35.5. The third-order valence-corrected chi connectivity index (χ3v) is 4.86. The van der Waals surface area contributed by atoms with Gasteiger partial charge in [-0.1, -0.05) is 16.8 Å². The SMILES string of the molecule is O=C(CN1N=NC2C(=O)N(c3ccc([N+](=O)[O-])cc3)C(=O)C21)Nc1ccc(Cl)cc1. The molecular formula is C18H13ClN6O5. The fourth-order valence-electron chi connectivity index (χ4n) is 3.21. The molecule has 0 aliphatic carbocycles. The lowest BCUT2D eigenvalue weighted by molar-refractivity contribution is -0.384. The molecule has 2 unspecified atom stereocenters. The molecule has 0 aromatic heterocycles. The molecule has 2 aliphatic rings. The number of halogens is 1. The molecule has 0 saturated carbocycles. The van der Waals surface area contributed by atoms with Gasteiger partial charge in [-0.25, -0.2) is 4.90 Å². The number of carbonyl (C=O) groups excluding carboxylic acids is 3. The van der Waals surface area contributed by atoms with Crippen LogP contribution >= 0.6 is 11.6 Å². The minimum absolute atomic E-state index is 0.168. The Hall–Kier alpha value is -3.86. The number of nitrogens with zero attached hydrogens (tertiary/aromatic N) is 5. The predicted octanol–water partition coefficient (Wildman–Crippen LogP) is 2.18. The molecule has 11 nitrogen and oxygen atoms in total. The summed E-state index contributed by atoms with van der Waals surface area (Å²) in [5.74, 6) is -1.67. The Morgan fingerprint density at radius 2 is 1.77 bits per heavy atom. The minimum Gasteiger partial charge on any atom is -0.324 e. The standard InChI is InChI=1S/C18H13ClN6O5/c19-10-1-3-11(4-2-10)20-14(26)9-23-16-15(21-22-23)17(27)24(18(16)28)12-5-7-13(8-6-12)25(29)30/h1-8,15-16H,9H2,(H,20,26). The van der Waals surface area contributed by atoms with Gasteiger partial charge >= 0.3 is 0 Å². The second-order valence-corrected chi connectivity index (χ2v) is 6.97. The molecule has 12 heteroatoms. The van der Waals surface area contributed by atoms with Gasteiger partial charge in [-0.3, -0.25) is 29.5 Å². The molecule has 1 N–H and O–H groups in total. The minimum atomic E-state index is -1.07. The zero-order valence-electron chi connectivity index (χ0n) is 15.1. The summed E-state index contributed by atoms with van der Waals surface area (Å²) in [6, 6.07) is 9.36. The first kappa shape index (κ1) is 19.5. The number of carbonyl (C=O) groups is 3. The zero-order valence-corrected chi connectivity index (χ0v) is 15.9. The average molecular weight is 429 g/mol. The number of imide groups is 1. The Balaban J connectivity index is 1.48. The van der Waals surface area contributed by atoms with Crippen molar-refractivity contribution in [1.82, 2.24) is 5.01 Å². The molecular weight excluding hydrogens is 416 g/mol. The Kier molecular flexibility index (Phi) is 4.88. The molecule has 1 saturated heterocycles. The van der Waals surface area contributed by atoms with Crippen LogP contribution in [0.5, 0.6) is 0 Å². The summed E-state index contributed by atoms with van der Waals surface area (Å²) in [4.78, 5) is 49.0. The number of anilines is 2. The number of fused-ring (bicyclic) bond motifs is 1. The highest BCUT2D eigenvalue weighted by Gasteiger charge is 2.55. The van der Waals surface area contributed by atoms with Crippen molar-refractivity contribution in [3.8, 4) is 0 Å². The van der Waals surface area contributed by atoms with E-state index in [9.17, 15) is 24.5 Å². The number of hydrogen-bond donors (Lipinski definition) is 1. The van der Waals surface area contributed by atoms with Crippen LogP contribution in [-0.2, 0) is 14.4 Å². The van der Waals surface area contributed by atoms with E-state index in [0.29, 0.717) is 10.7 Å². The molecule has 0 bridgehead atoms. The van der Waals surface area contributed by atoms with Crippen molar-refractivity contribution >= 4 is 46.4 Å².